The number of halogens is 1. The molecule has 3 rings (SSSR count). The van der Waals surface area contributed by atoms with Gasteiger partial charge in [0.15, 0.2) is 5.16 Å². The molecule has 106 valence electrons. The Labute approximate surface area is 131 Å². The number of rotatable bonds is 3. The van der Waals surface area contributed by atoms with Crippen LogP contribution in [0.1, 0.15) is 5.69 Å². The van der Waals surface area contributed by atoms with Crippen molar-refractivity contribution in [2.45, 2.75) is 10.9 Å². The average molecular weight is 365 g/mol. The van der Waals surface area contributed by atoms with E-state index in [0.717, 1.165) is 4.47 Å². The minimum atomic E-state index is -0.205. The van der Waals surface area contributed by atoms with Crippen molar-refractivity contribution in [3.05, 3.63) is 67.5 Å². The number of thioether (sulfide) groups is 1. The molecule has 0 atom stereocenters. The monoisotopic (exact) mass is 364 g/mol. The summed E-state index contributed by atoms with van der Waals surface area (Å²) in [4.78, 5) is 34.3. The van der Waals surface area contributed by atoms with E-state index in [-0.39, 0.29) is 11.1 Å². The van der Waals surface area contributed by atoms with Crippen molar-refractivity contribution in [1.82, 2.24) is 19.4 Å². The topological polar surface area (TPSA) is 80.1 Å². The van der Waals surface area contributed by atoms with Crippen molar-refractivity contribution in [3.63, 3.8) is 0 Å². The summed E-state index contributed by atoms with van der Waals surface area (Å²) in [5.41, 5.74) is 0.866. The molecule has 0 radical (unpaired) electrons. The molecule has 0 bridgehead atoms. The summed E-state index contributed by atoms with van der Waals surface area (Å²) in [5, 5.41) is 0.500. The number of aromatic amines is 1. The molecule has 0 saturated carbocycles. The SMILES string of the molecule is O=c1ccnc(SCc2cc(=O)n3cc(Br)ccc3n2)[nH]1. The Bertz CT molecular complexity index is 922. The van der Waals surface area contributed by atoms with Gasteiger partial charge >= 0.3 is 0 Å². The molecule has 8 heteroatoms. The quantitative estimate of drug-likeness (QED) is 0.566. The summed E-state index contributed by atoms with van der Waals surface area (Å²) in [6, 6.07) is 6.42. The van der Waals surface area contributed by atoms with Gasteiger partial charge in [0.05, 0.1) is 5.69 Å². The molecule has 0 saturated heterocycles. The fourth-order valence-corrected chi connectivity index (χ4v) is 2.85. The van der Waals surface area contributed by atoms with Gasteiger partial charge in [-0.3, -0.25) is 14.0 Å². The van der Waals surface area contributed by atoms with Gasteiger partial charge in [-0.15, -0.1) is 0 Å². The van der Waals surface area contributed by atoms with Gasteiger partial charge in [0.1, 0.15) is 5.65 Å². The van der Waals surface area contributed by atoms with Crippen molar-refractivity contribution >= 4 is 33.3 Å². The van der Waals surface area contributed by atoms with Gasteiger partial charge in [-0.1, -0.05) is 11.8 Å². The summed E-state index contributed by atoms with van der Waals surface area (Å²) < 4.78 is 2.29. The highest BCUT2D eigenvalue weighted by Crippen LogP contribution is 2.16. The highest BCUT2D eigenvalue weighted by molar-refractivity contribution is 9.10. The van der Waals surface area contributed by atoms with Crippen molar-refractivity contribution in [2.75, 3.05) is 0 Å². The predicted molar refractivity (Wildman–Crippen MR) is 83.6 cm³/mol. The van der Waals surface area contributed by atoms with Crippen LogP contribution in [-0.2, 0) is 5.75 Å². The molecule has 0 aromatic carbocycles. The van der Waals surface area contributed by atoms with Crippen molar-refractivity contribution in [2.24, 2.45) is 0 Å². The van der Waals surface area contributed by atoms with E-state index in [1.165, 1.54) is 34.5 Å². The normalized spacial score (nSPS) is 10.9. The maximum Gasteiger partial charge on any atom is 0.258 e. The van der Waals surface area contributed by atoms with Crippen LogP contribution in [0.3, 0.4) is 0 Å². The van der Waals surface area contributed by atoms with E-state index < -0.39 is 0 Å². The van der Waals surface area contributed by atoms with Crippen molar-refractivity contribution in [1.29, 1.82) is 0 Å². The first-order valence-electron chi connectivity index (χ1n) is 5.98. The number of hydrogen-bond acceptors (Lipinski definition) is 5. The fraction of sp³-hybridized carbons (Fsp3) is 0.0769. The first kappa shape index (κ1) is 14.0. The van der Waals surface area contributed by atoms with Gasteiger partial charge in [0.25, 0.3) is 11.1 Å². The highest BCUT2D eigenvalue weighted by Gasteiger charge is 2.05. The molecule has 0 unspecified atom stereocenters. The van der Waals surface area contributed by atoms with E-state index in [9.17, 15) is 9.59 Å². The molecule has 3 aromatic rings. The van der Waals surface area contributed by atoms with Crippen LogP contribution < -0.4 is 11.1 Å². The second-order valence-corrected chi connectivity index (χ2v) is 6.07. The predicted octanol–water partition coefficient (Wildman–Crippen LogP) is 1.83. The Hall–Kier alpha value is -1.93. The molecule has 1 N–H and O–H groups in total. The number of nitrogens with zero attached hydrogens (tertiary/aromatic N) is 3. The highest BCUT2D eigenvalue weighted by atomic mass is 79.9. The third kappa shape index (κ3) is 3.22. The molecule has 6 nitrogen and oxygen atoms in total. The maximum atomic E-state index is 12.0. The molecule has 0 aliphatic heterocycles. The van der Waals surface area contributed by atoms with Crippen LogP contribution in [0, 0.1) is 0 Å². The fourth-order valence-electron chi connectivity index (χ4n) is 1.77. The first-order valence-corrected chi connectivity index (χ1v) is 7.76. The van der Waals surface area contributed by atoms with Gasteiger partial charge in [-0.25, -0.2) is 9.97 Å². The molecule has 0 aliphatic rings. The van der Waals surface area contributed by atoms with E-state index in [2.05, 4.69) is 30.9 Å². The van der Waals surface area contributed by atoms with E-state index >= 15 is 0 Å². The minimum absolute atomic E-state index is 0.147. The molecule has 0 amide bonds. The van der Waals surface area contributed by atoms with Crippen LogP contribution in [0.2, 0.25) is 0 Å². The minimum Gasteiger partial charge on any atom is -0.301 e. The van der Waals surface area contributed by atoms with Crippen LogP contribution in [0.25, 0.3) is 5.65 Å². The molecular formula is C13H9BrN4O2S. The first-order chi connectivity index (χ1) is 10.1. The third-order valence-electron chi connectivity index (χ3n) is 2.68. The van der Waals surface area contributed by atoms with Crippen molar-refractivity contribution in [3.8, 4) is 0 Å². The summed E-state index contributed by atoms with van der Waals surface area (Å²) in [6.07, 6.45) is 3.12. The number of fused-ring (bicyclic) bond motifs is 1. The third-order valence-corrected chi connectivity index (χ3v) is 4.07. The Morgan fingerprint density at radius 1 is 1.29 bits per heavy atom. The summed E-state index contributed by atoms with van der Waals surface area (Å²) >= 11 is 4.64. The van der Waals surface area contributed by atoms with Crippen LogP contribution in [-0.4, -0.2) is 19.4 Å². The Morgan fingerprint density at radius 2 is 2.14 bits per heavy atom. The number of aromatic nitrogens is 4. The van der Waals surface area contributed by atoms with Gasteiger partial charge in [-0.05, 0) is 28.1 Å². The lowest BCUT2D eigenvalue weighted by Gasteiger charge is -2.04. The van der Waals surface area contributed by atoms with E-state index in [1.807, 2.05) is 6.07 Å². The lowest BCUT2D eigenvalue weighted by Crippen LogP contribution is -2.15. The van der Waals surface area contributed by atoms with Gasteiger partial charge < -0.3 is 4.98 Å². The number of H-pyrrole nitrogens is 1. The molecule has 0 aliphatic carbocycles. The molecule has 21 heavy (non-hydrogen) atoms. The summed E-state index contributed by atoms with van der Waals surface area (Å²) in [6.45, 7) is 0. The molecule has 0 spiro atoms. The molecular weight excluding hydrogens is 356 g/mol. The Balaban J connectivity index is 1.89. The smallest absolute Gasteiger partial charge is 0.258 e. The van der Waals surface area contributed by atoms with Gasteiger partial charge in [-0.2, -0.15) is 0 Å². The Kier molecular flexibility index (Phi) is 3.89. The maximum absolute atomic E-state index is 12.0. The van der Waals surface area contributed by atoms with Crippen LogP contribution in [0.4, 0.5) is 0 Å². The average Bonchev–Trinajstić information content (AvgIpc) is 2.46. The van der Waals surface area contributed by atoms with E-state index in [0.29, 0.717) is 22.3 Å². The molecule has 3 heterocycles. The number of nitrogens with one attached hydrogen (secondary N) is 1. The number of hydrogen-bond donors (Lipinski definition) is 1. The zero-order valence-corrected chi connectivity index (χ0v) is 13.0. The molecule has 0 fully saturated rings. The molecule has 3 aromatic heterocycles. The van der Waals surface area contributed by atoms with E-state index in [1.54, 1.807) is 12.3 Å². The summed E-state index contributed by atoms with van der Waals surface area (Å²) in [7, 11) is 0. The zero-order chi connectivity index (χ0) is 14.8. The second kappa shape index (κ2) is 5.82. The van der Waals surface area contributed by atoms with Crippen LogP contribution in [0.5, 0.6) is 0 Å². The van der Waals surface area contributed by atoms with Crippen LogP contribution in [0.15, 0.2) is 55.9 Å². The van der Waals surface area contributed by atoms with Gasteiger partial charge in [0.2, 0.25) is 0 Å². The van der Waals surface area contributed by atoms with Gasteiger partial charge in [0, 0.05) is 34.8 Å². The zero-order valence-electron chi connectivity index (χ0n) is 10.6. The van der Waals surface area contributed by atoms with Crippen LogP contribution >= 0.6 is 27.7 Å². The lowest BCUT2D eigenvalue weighted by molar-refractivity contribution is 0.933. The Morgan fingerprint density at radius 3 is 2.95 bits per heavy atom. The largest absolute Gasteiger partial charge is 0.301 e. The number of pyridine rings is 1. The second-order valence-electron chi connectivity index (χ2n) is 4.19. The van der Waals surface area contributed by atoms with Crippen molar-refractivity contribution < 1.29 is 0 Å². The standard InChI is InChI=1S/C13H9BrN4O2S/c14-8-1-2-10-16-9(5-12(20)18(10)6-8)7-21-13-15-4-3-11(19)17-13/h1-6H,7H2,(H,15,17,19). The lowest BCUT2D eigenvalue weighted by atomic mass is 10.4. The van der Waals surface area contributed by atoms with E-state index in [4.69, 9.17) is 0 Å². The summed E-state index contributed by atoms with van der Waals surface area (Å²) in [5.74, 6) is 0.453.